The van der Waals surface area contributed by atoms with Gasteiger partial charge in [-0.2, -0.15) is 0 Å². The summed E-state index contributed by atoms with van der Waals surface area (Å²) in [5.74, 6) is 0. The maximum absolute atomic E-state index is 12.3. The number of benzene rings is 2. The van der Waals surface area contributed by atoms with Crippen molar-refractivity contribution in [3.63, 3.8) is 0 Å². The van der Waals surface area contributed by atoms with E-state index in [-0.39, 0.29) is 0 Å². The average molecular weight is 413 g/mol. The highest BCUT2D eigenvalue weighted by Crippen LogP contribution is 2.36. The van der Waals surface area contributed by atoms with E-state index in [0.29, 0.717) is 0 Å². The van der Waals surface area contributed by atoms with Crippen LogP contribution in [0.15, 0.2) is 24.3 Å². The van der Waals surface area contributed by atoms with Crippen LogP contribution in [0, 0.1) is 24.3 Å². The second-order valence-corrected chi connectivity index (χ2v) is 8.62. The molecule has 0 fully saturated rings. The molecule has 0 aliphatic carbocycles. The molecule has 3 rings (SSSR count). The van der Waals surface area contributed by atoms with Crippen molar-refractivity contribution in [2.75, 3.05) is 6.26 Å². The fraction of sp³-hybridized carbons (Fsp3) is 0.250. The molecule has 1 heterocycles. The highest BCUT2D eigenvalue weighted by molar-refractivity contribution is 14.1. The number of fused-ring (bicyclic) bond motifs is 3. The molecule has 5 heteroatoms. The van der Waals surface area contributed by atoms with Gasteiger partial charge in [0.2, 0.25) is 10.0 Å². The van der Waals surface area contributed by atoms with Gasteiger partial charge in [-0.25, -0.2) is 12.4 Å². The van der Waals surface area contributed by atoms with Gasteiger partial charge < -0.3 is 0 Å². The zero-order valence-corrected chi connectivity index (χ0v) is 15.3. The van der Waals surface area contributed by atoms with Gasteiger partial charge in [-0.1, -0.05) is 6.07 Å². The number of halogens is 1. The minimum absolute atomic E-state index is 0.754. The molecule has 1 aromatic heterocycles. The number of hydrogen-bond acceptors (Lipinski definition) is 2. The summed E-state index contributed by atoms with van der Waals surface area (Å²) in [7, 11) is -3.37. The van der Waals surface area contributed by atoms with Gasteiger partial charge in [-0.15, -0.1) is 0 Å². The van der Waals surface area contributed by atoms with Gasteiger partial charge in [0, 0.05) is 14.3 Å². The molecule has 2 aromatic carbocycles. The van der Waals surface area contributed by atoms with Crippen LogP contribution >= 0.6 is 22.6 Å². The molecule has 0 radical (unpaired) electrons. The maximum Gasteiger partial charge on any atom is 0.236 e. The standard InChI is InChI=1S/C16H16INO2S/c1-9-7-10(2)15-13-8-12(17)5-6-14(13)18(21(4,19)20)16(15)11(9)3/h5-8H,1-4H3. The SMILES string of the molecule is Cc1cc(C)c2c3cc(I)ccc3n(S(C)(=O)=O)c2c1C. The summed E-state index contributed by atoms with van der Waals surface area (Å²) in [6.07, 6.45) is 1.26. The zero-order chi connectivity index (χ0) is 15.5. The molecule has 0 atom stereocenters. The molecule has 0 aliphatic heterocycles. The van der Waals surface area contributed by atoms with Crippen molar-refractivity contribution in [1.82, 2.24) is 3.97 Å². The molecule has 0 spiro atoms. The van der Waals surface area contributed by atoms with Crippen molar-refractivity contribution in [1.29, 1.82) is 0 Å². The van der Waals surface area contributed by atoms with Gasteiger partial charge in [0.1, 0.15) is 0 Å². The molecular formula is C16H16INO2S. The van der Waals surface area contributed by atoms with Crippen LogP contribution in [-0.2, 0) is 10.0 Å². The summed E-state index contributed by atoms with van der Waals surface area (Å²) in [4.78, 5) is 0. The molecule has 3 nitrogen and oxygen atoms in total. The molecule has 0 saturated carbocycles. The van der Waals surface area contributed by atoms with Gasteiger partial charge in [-0.3, -0.25) is 0 Å². The lowest BCUT2D eigenvalue weighted by Crippen LogP contribution is -2.10. The summed E-state index contributed by atoms with van der Waals surface area (Å²) >= 11 is 2.26. The van der Waals surface area contributed by atoms with Crippen LogP contribution in [0.3, 0.4) is 0 Å². The number of nitrogens with zero attached hydrogens (tertiary/aromatic N) is 1. The average Bonchev–Trinajstić information content (AvgIpc) is 2.70. The Morgan fingerprint density at radius 3 is 2.33 bits per heavy atom. The summed E-state index contributed by atoms with van der Waals surface area (Å²) in [5.41, 5.74) is 4.81. The molecule has 110 valence electrons. The molecule has 0 bridgehead atoms. The second-order valence-electron chi connectivity index (χ2n) is 5.55. The lowest BCUT2D eigenvalue weighted by Gasteiger charge is -2.09. The first-order chi connectivity index (χ1) is 9.71. The summed E-state index contributed by atoms with van der Waals surface area (Å²) < 4.78 is 27.3. The van der Waals surface area contributed by atoms with E-state index in [1.54, 1.807) is 0 Å². The molecule has 0 amide bonds. The van der Waals surface area contributed by atoms with Crippen molar-refractivity contribution >= 4 is 54.4 Å². The van der Waals surface area contributed by atoms with E-state index in [9.17, 15) is 8.42 Å². The van der Waals surface area contributed by atoms with Gasteiger partial charge in [0.05, 0.1) is 17.3 Å². The smallest absolute Gasteiger partial charge is 0.236 e. The molecule has 0 N–H and O–H groups in total. The predicted octanol–water partition coefficient (Wildman–Crippen LogP) is 4.13. The third kappa shape index (κ3) is 2.17. The molecule has 3 aromatic rings. The van der Waals surface area contributed by atoms with E-state index in [1.807, 2.05) is 32.9 Å². The first kappa shape index (κ1) is 14.8. The molecule has 21 heavy (non-hydrogen) atoms. The first-order valence-corrected chi connectivity index (χ1v) is 9.55. The number of aryl methyl sites for hydroxylation is 3. The number of aromatic nitrogens is 1. The Hall–Kier alpha value is -1.08. The van der Waals surface area contributed by atoms with E-state index in [1.165, 1.54) is 10.2 Å². The van der Waals surface area contributed by atoms with Crippen LogP contribution in [0.1, 0.15) is 16.7 Å². The van der Waals surface area contributed by atoms with Crippen LogP contribution in [0.5, 0.6) is 0 Å². The van der Waals surface area contributed by atoms with Crippen LogP contribution in [-0.4, -0.2) is 18.6 Å². The lowest BCUT2D eigenvalue weighted by atomic mass is 10.0. The van der Waals surface area contributed by atoms with Crippen molar-refractivity contribution in [3.05, 3.63) is 44.5 Å². The number of rotatable bonds is 1. The fourth-order valence-electron chi connectivity index (χ4n) is 3.01. The van der Waals surface area contributed by atoms with E-state index in [2.05, 4.69) is 34.7 Å². The Labute approximate surface area is 138 Å². The molecule has 0 unspecified atom stereocenters. The molecular weight excluding hydrogens is 397 g/mol. The Kier molecular flexibility index (Phi) is 3.33. The minimum Gasteiger partial charge on any atom is -0.237 e. The van der Waals surface area contributed by atoms with Crippen LogP contribution in [0.2, 0.25) is 0 Å². The molecule has 0 aliphatic rings. The van der Waals surface area contributed by atoms with Crippen molar-refractivity contribution in [2.45, 2.75) is 20.8 Å². The Balaban J connectivity index is 2.77. The van der Waals surface area contributed by atoms with E-state index >= 15 is 0 Å². The van der Waals surface area contributed by atoms with Crippen LogP contribution in [0.25, 0.3) is 21.8 Å². The highest BCUT2D eigenvalue weighted by atomic mass is 127. The minimum atomic E-state index is -3.37. The van der Waals surface area contributed by atoms with Crippen molar-refractivity contribution < 1.29 is 8.42 Å². The normalized spacial score (nSPS) is 12.4. The van der Waals surface area contributed by atoms with Gasteiger partial charge >= 0.3 is 0 Å². The Morgan fingerprint density at radius 2 is 1.71 bits per heavy atom. The molecule has 0 saturated heterocycles. The van der Waals surface area contributed by atoms with Crippen LogP contribution in [0.4, 0.5) is 0 Å². The Bertz CT molecular complexity index is 1000. The summed E-state index contributed by atoms with van der Waals surface area (Å²) in [5, 5.41) is 2.04. The third-order valence-corrected chi connectivity index (χ3v) is 5.71. The largest absolute Gasteiger partial charge is 0.237 e. The van der Waals surface area contributed by atoms with E-state index in [0.717, 1.165) is 42.1 Å². The lowest BCUT2D eigenvalue weighted by molar-refractivity contribution is 0.596. The highest BCUT2D eigenvalue weighted by Gasteiger charge is 2.21. The first-order valence-electron chi connectivity index (χ1n) is 6.63. The Morgan fingerprint density at radius 1 is 1.05 bits per heavy atom. The topological polar surface area (TPSA) is 39.1 Å². The van der Waals surface area contributed by atoms with E-state index in [4.69, 9.17) is 0 Å². The predicted molar refractivity (Wildman–Crippen MR) is 96.6 cm³/mol. The summed E-state index contributed by atoms with van der Waals surface area (Å²) in [6, 6.07) is 8.03. The van der Waals surface area contributed by atoms with E-state index < -0.39 is 10.0 Å². The maximum atomic E-state index is 12.3. The van der Waals surface area contributed by atoms with Gasteiger partial charge in [0.25, 0.3) is 0 Å². The second kappa shape index (κ2) is 4.71. The summed E-state index contributed by atoms with van der Waals surface area (Å²) in [6.45, 7) is 6.05. The van der Waals surface area contributed by atoms with Gasteiger partial charge in [-0.05, 0) is 78.3 Å². The number of hydrogen-bond donors (Lipinski definition) is 0. The monoisotopic (exact) mass is 413 g/mol. The van der Waals surface area contributed by atoms with Gasteiger partial charge in [0.15, 0.2) is 0 Å². The van der Waals surface area contributed by atoms with Crippen LogP contribution < -0.4 is 0 Å². The fourth-order valence-corrected chi connectivity index (χ4v) is 4.58. The third-order valence-electron chi connectivity index (χ3n) is 3.99. The zero-order valence-electron chi connectivity index (χ0n) is 12.4. The van der Waals surface area contributed by atoms with Crippen molar-refractivity contribution in [2.24, 2.45) is 0 Å². The van der Waals surface area contributed by atoms with Crippen molar-refractivity contribution in [3.8, 4) is 0 Å². The quantitative estimate of drug-likeness (QED) is 0.563.